The Kier molecular flexibility index (Phi) is 7.37. The number of carbonyl (C=O) groups excluding carboxylic acids is 2. The van der Waals surface area contributed by atoms with Gasteiger partial charge in [0, 0.05) is 33.9 Å². The van der Waals surface area contributed by atoms with Gasteiger partial charge in [0.15, 0.2) is 5.82 Å². The van der Waals surface area contributed by atoms with Crippen molar-refractivity contribution in [3.63, 3.8) is 0 Å². The summed E-state index contributed by atoms with van der Waals surface area (Å²) >= 11 is 8.22. The third-order valence-corrected chi connectivity index (χ3v) is 7.40. The van der Waals surface area contributed by atoms with Crippen molar-refractivity contribution in [3.8, 4) is 5.00 Å². The number of fused-ring (bicyclic) bond motifs is 3. The number of benzene rings is 1. The first kappa shape index (κ1) is 25.1. The number of aryl methyl sites for hydroxylation is 2. The normalized spacial score (nSPS) is 16.7. The fraction of sp³-hybridized carbons (Fsp3) is 0.400. The van der Waals surface area contributed by atoms with Gasteiger partial charge in [-0.05, 0) is 39.3 Å². The van der Waals surface area contributed by atoms with Crippen LogP contribution in [0.1, 0.15) is 61.3 Å². The van der Waals surface area contributed by atoms with Crippen LogP contribution in [0.5, 0.6) is 0 Å². The molecule has 0 bridgehead atoms. The summed E-state index contributed by atoms with van der Waals surface area (Å²) < 4.78 is 12.5. The van der Waals surface area contributed by atoms with E-state index in [0.29, 0.717) is 27.9 Å². The van der Waals surface area contributed by atoms with Crippen LogP contribution in [0.15, 0.2) is 35.3 Å². The molecule has 35 heavy (non-hydrogen) atoms. The Hall–Kier alpha value is -3.04. The molecule has 1 aliphatic heterocycles. The SMILES string of the molecule is CCOC(=O)CCC1(C(=O)OCC)N=C(c2ccccc2Cl)c2cc(CC)sc2-n2c(C)nnc21. The smallest absolute Gasteiger partial charge is 0.342 e. The zero-order valence-corrected chi connectivity index (χ0v) is 21.7. The maximum absolute atomic E-state index is 13.7. The largest absolute Gasteiger partial charge is 0.466 e. The summed E-state index contributed by atoms with van der Waals surface area (Å²) in [5.74, 6) is -0.120. The summed E-state index contributed by atoms with van der Waals surface area (Å²) in [6.45, 7) is 7.76. The predicted octanol–water partition coefficient (Wildman–Crippen LogP) is 4.81. The average molecular weight is 515 g/mol. The van der Waals surface area contributed by atoms with Crippen molar-refractivity contribution in [3.05, 3.63) is 63.0 Å². The number of esters is 2. The zero-order valence-electron chi connectivity index (χ0n) is 20.1. The van der Waals surface area contributed by atoms with Crippen LogP contribution in [0.25, 0.3) is 5.00 Å². The highest BCUT2D eigenvalue weighted by Crippen LogP contribution is 2.42. The highest BCUT2D eigenvalue weighted by molar-refractivity contribution is 7.15. The van der Waals surface area contributed by atoms with E-state index in [0.717, 1.165) is 21.9 Å². The summed E-state index contributed by atoms with van der Waals surface area (Å²) in [4.78, 5) is 32.3. The van der Waals surface area contributed by atoms with Gasteiger partial charge in [-0.1, -0.05) is 36.7 Å². The summed E-state index contributed by atoms with van der Waals surface area (Å²) in [5.41, 5.74) is 0.427. The van der Waals surface area contributed by atoms with Crippen LogP contribution in [-0.4, -0.2) is 45.6 Å². The number of rotatable bonds is 8. The standard InChI is InChI=1S/C25H27ClN4O4S/c1-5-16-14-18-21(17-10-8-9-11-19(17)26)27-25(24(32)34-7-3,13-12-20(31)33-6-2)23-29-28-15(4)30(23)22(18)35-16/h8-11,14H,5-7,12-13H2,1-4H3. The molecule has 0 N–H and O–H groups in total. The quantitative estimate of drug-likeness (QED) is 0.400. The second kappa shape index (κ2) is 10.3. The monoisotopic (exact) mass is 514 g/mol. The van der Waals surface area contributed by atoms with Gasteiger partial charge in [-0.25, -0.2) is 4.79 Å². The molecule has 2 aromatic heterocycles. The van der Waals surface area contributed by atoms with Crippen LogP contribution in [0.4, 0.5) is 0 Å². The molecule has 8 nitrogen and oxygen atoms in total. The Bertz CT molecular complexity index is 1300. The molecule has 1 unspecified atom stereocenters. The second-order valence-electron chi connectivity index (χ2n) is 8.02. The van der Waals surface area contributed by atoms with E-state index in [1.54, 1.807) is 31.3 Å². The number of thiophene rings is 1. The predicted molar refractivity (Wildman–Crippen MR) is 135 cm³/mol. The van der Waals surface area contributed by atoms with E-state index < -0.39 is 17.5 Å². The highest BCUT2D eigenvalue weighted by atomic mass is 35.5. The molecule has 1 aromatic carbocycles. The van der Waals surface area contributed by atoms with Crippen LogP contribution >= 0.6 is 22.9 Å². The van der Waals surface area contributed by atoms with Gasteiger partial charge in [0.25, 0.3) is 0 Å². The van der Waals surface area contributed by atoms with E-state index in [2.05, 4.69) is 23.2 Å². The number of hydrogen-bond donors (Lipinski definition) is 0. The number of halogens is 1. The number of carbonyl (C=O) groups is 2. The van der Waals surface area contributed by atoms with Gasteiger partial charge in [0.05, 0.1) is 18.9 Å². The Labute approximate surface area is 212 Å². The third kappa shape index (κ3) is 4.50. The van der Waals surface area contributed by atoms with E-state index in [1.165, 1.54) is 0 Å². The van der Waals surface area contributed by atoms with Crippen LogP contribution in [0.3, 0.4) is 0 Å². The molecule has 184 valence electrons. The summed E-state index contributed by atoms with van der Waals surface area (Å²) in [6, 6.07) is 9.44. The van der Waals surface area contributed by atoms with Crippen LogP contribution in [0, 0.1) is 6.92 Å². The van der Waals surface area contributed by atoms with Crippen LogP contribution in [-0.2, 0) is 31.0 Å². The van der Waals surface area contributed by atoms with E-state index in [-0.39, 0.29) is 26.1 Å². The third-order valence-electron chi connectivity index (χ3n) is 5.81. The van der Waals surface area contributed by atoms with Crippen molar-refractivity contribution in [2.75, 3.05) is 13.2 Å². The molecule has 0 amide bonds. The topological polar surface area (TPSA) is 95.7 Å². The van der Waals surface area contributed by atoms with Crippen molar-refractivity contribution in [1.29, 1.82) is 0 Å². The van der Waals surface area contributed by atoms with Gasteiger partial charge in [-0.3, -0.25) is 14.4 Å². The van der Waals surface area contributed by atoms with Crippen molar-refractivity contribution in [2.24, 2.45) is 4.99 Å². The Morgan fingerprint density at radius 1 is 1.09 bits per heavy atom. The molecule has 4 rings (SSSR count). The van der Waals surface area contributed by atoms with Crippen molar-refractivity contribution < 1.29 is 19.1 Å². The lowest BCUT2D eigenvalue weighted by molar-refractivity contribution is -0.151. The van der Waals surface area contributed by atoms with Crippen LogP contribution in [0.2, 0.25) is 5.02 Å². The van der Waals surface area contributed by atoms with E-state index in [1.807, 2.05) is 29.7 Å². The second-order valence-corrected chi connectivity index (χ2v) is 9.54. The Balaban J connectivity index is 2.05. The van der Waals surface area contributed by atoms with E-state index in [9.17, 15) is 9.59 Å². The molecular formula is C25H27ClN4O4S. The van der Waals surface area contributed by atoms with Crippen molar-refractivity contribution in [2.45, 2.75) is 52.5 Å². The Morgan fingerprint density at radius 2 is 1.83 bits per heavy atom. The molecule has 10 heteroatoms. The lowest BCUT2D eigenvalue weighted by Gasteiger charge is -2.26. The van der Waals surface area contributed by atoms with E-state index >= 15 is 0 Å². The first-order valence-electron chi connectivity index (χ1n) is 11.6. The van der Waals surface area contributed by atoms with Gasteiger partial charge < -0.3 is 9.47 Å². The molecule has 0 fully saturated rings. The van der Waals surface area contributed by atoms with Gasteiger partial charge >= 0.3 is 11.9 Å². The zero-order chi connectivity index (χ0) is 25.2. The molecule has 0 saturated carbocycles. The summed E-state index contributed by atoms with van der Waals surface area (Å²) in [6.07, 6.45) is 0.786. The summed E-state index contributed by atoms with van der Waals surface area (Å²) in [7, 11) is 0. The Morgan fingerprint density at radius 3 is 2.51 bits per heavy atom. The maximum atomic E-state index is 13.7. The first-order chi connectivity index (χ1) is 16.9. The van der Waals surface area contributed by atoms with Crippen molar-refractivity contribution in [1.82, 2.24) is 14.8 Å². The number of aliphatic imine (C=N–C) groups is 1. The molecule has 0 saturated heterocycles. The first-order valence-corrected chi connectivity index (χ1v) is 12.8. The average Bonchev–Trinajstić information content (AvgIpc) is 3.41. The minimum Gasteiger partial charge on any atom is -0.466 e. The molecule has 0 spiro atoms. The molecule has 0 radical (unpaired) electrons. The number of hydrogen-bond acceptors (Lipinski definition) is 8. The molecule has 1 atom stereocenters. The minimum atomic E-state index is -1.62. The van der Waals surface area contributed by atoms with Gasteiger partial charge in [0.2, 0.25) is 5.54 Å². The molecule has 3 aromatic rings. The highest BCUT2D eigenvalue weighted by Gasteiger charge is 2.49. The fourth-order valence-electron chi connectivity index (χ4n) is 4.15. The van der Waals surface area contributed by atoms with Gasteiger partial charge in [-0.2, -0.15) is 0 Å². The van der Waals surface area contributed by atoms with Crippen LogP contribution < -0.4 is 0 Å². The lowest BCUT2D eigenvalue weighted by atomic mass is 9.91. The number of aromatic nitrogens is 3. The summed E-state index contributed by atoms with van der Waals surface area (Å²) in [5, 5.41) is 10.0. The fourth-order valence-corrected chi connectivity index (χ4v) is 5.52. The molecule has 1 aliphatic rings. The van der Waals surface area contributed by atoms with Crippen molar-refractivity contribution >= 4 is 40.6 Å². The molecule has 0 aliphatic carbocycles. The van der Waals surface area contributed by atoms with Gasteiger partial charge in [-0.15, -0.1) is 21.5 Å². The number of nitrogens with zero attached hydrogens (tertiary/aromatic N) is 4. The molecular weight excluding hydrogens is 488 g/mol. The minimum absolute atomic E-state index is 0.00628. The van der Waals surface area contributed by atoms with E-state index in [4.69, 9.17) is 26.1 Å². The maximum Gasteiger partial charge on any atom is 0.342 e. The van der Waals surface area contributed by atoms with Gasteiger partial charge in [0.1, 0.15) is 10.8 Å². The molecule has 3 heterocycles. The lowest BCUT2D eigenvalue weighted by Crippen LogP contribution is -2.39. The number of ether oxygens (including phenoxy) is 2.